The molecule has 4 heteroatoms. The molecule has 0 heterocycles. The summed E-state index contributed by atoms with van der Waals surface area (Å²) in [5, 5.41) is 9.32. The number of thiol groups is 1. The van der Waals surface area contributed by atoms with Gasteiger partial charge in [-0.25, -0.2) is 4.79 Å². The van der Waals surface area contributed by atoms with Gasteiger partial charge < -0.3 is 4.74 Å². The van der Waals surface area contributed by atoms with Crippen molar-refractivity contribution >= 4 is 30.2 Å². The second-order valence-electron chi connectivity index (χ2n) is 4.52. The number of carbonyl (C=O) groups excluding carboxylic acids is 1. The molecule has 0 bridgehead atoms. The minimum absolute atomic E-state index is 0.279. The Balaban J connectivity index is 2.20. The van der Waals surface area contributed by atoms with E-state index >= 15 is 0 Å². The molecule has 2 aromatic carbocycles. The highest BCUT2D eigenvalue weighted by Crippen LogP contribution is 2.18. The molecule has 0 radical (unpaired) electrons. The maximum Gasteiger partial charge on any atom is 0.338 e. The summed E-state index contributed by atoms with van der Waals surface area (Å²) < 4.78 is 5.00. The van der Waals surface area contributed by atoms with Crippen molar-refractivity contribution < 1.29 is 9.53 Å². The van der Waals surface area contributed by atoms with Crippen molar-refractivity contribution in [3.8, 4) is 6.07 Å². The molecule has 2 aromatic rings. The van der Waals surface area contributed by atoms with Crippen molar-refractivity contribution in [1.82, 2.24) is 0 Å². The van der Waals surface area contributed by atoms with E-state index in [9.17, 15) is 10.1 Å². The monoisotopic (exact) mass is 309 g/mol. The van der Waals surface area contributed by atoms with Gasteiger partial charge in [0.25, 0.3) is 0 Å². The van der Waals surface area contributed by atoms with E-state index in [0.717, 1.165) is 11.1 Å². The molecule has 3 nitrogen and oxygen atoms in total. The fraction of sp³-hybridized carbons (Fsp3) is 0.111. The van der Waals surface area contributed by atoms with E-state index in [1.165, 1.54) is 0 Å². The van der Waals surface area contributed by atoms with Gasteiger partial charge in [0.05, 0.1) is 17.2 Å². The number of hydrogen-bond acceptors (Lipinski definition) is 4. The van der Waals surface area contributed by atoms with E-state index in [-0.39, 0.29) is 12.6 Å². The van der Waals surface area contributed by atoms with E-state index in [1.54, 1.807) is 24.3 Å². The summed E-state index contributed by atoms with van der Waals surface area (Å²) >= 11 is 3.99. The second kappa shape index (κ2) is 8.06. The molecular formula is C18H15NO2S. The molecule has 0 spiro atoms. The minimum Gasteiger partial charge on any atom is -0.461 e. The van der Waals surface area contributed by atoms with Crippen LogP contribution in [-0.2, 0) is 4.74 Å². The number of rotatable bonds is 5. The smallest absolute Gasteiger partial charge is 0.338 e. The van der Waals surface area contributed by atoms with Gasteiger partial charge in [0.15, 0.2) is 0 Å². The Morgan fingerprint density at radius 2 is 1.73 bits per heavy atom. The van der Waals surface area contributed by atoms with Crippen molar-refractivity contribution in [1.29, 1.82) is 5.26 Å². The Morgan fingerprint density at radius 1 is 1.09 bits per heavy atom. The third-order valence-corrected chi connectivity index (χ3v) is 3.17. The number of nitriles is 1. The number of allylic oxidation sites excluding steroid dienone is 1. The molecule has 2 rings (SSSR count). The van der Waals surface area contributed by atoms with Gasteiger partial charge in [-0.05, 0) is 29.3 Å². The highest BCUT2D eigenvalue weighted by atomic mass is 32.1. The lowest BCUT2D eigenvalue weighted by Crippen LogP contribution is -2.07. The lowest BCUT2D eigenvalue weighted by Gasteiger charge is -2.04. The SMILES string of the molecule is N#C/C(=C\c1ccccc1)c1ccc(C(=O)OCCS)cc1. The minimum atomic E-state index is -0.383. The van der Waals surface area contributed by atoms with E-state index < -0.39 is 0 Å². The third kappa shape index (κ3) is 4.24. The number of esters is 1. The average molecular weight is 309 g/mol. The first-order valence-electron chi connectivity index (χ1n) is 6.80. The number of nitrogens with zero attached hydrogens (tertiary/aromatic N) is 1. The molecule has 0 N–H and O–H groups in total. The van der Waals surface area contributed by atoms with Gasteiger partial charge >= 0.3 is 5.97 Å². The predicted molar refractivity (Wildman–Crippen MR) is 90.5 cm³/mol. The van der Waals surface area contributed by atoms with Crippen molar-refractivity contribution in [2.24, 2.45) is 0 Å². The van der Waals surface area contributed by atoms with Gasteiger partial charge in [-0.2, -0.15) is 17.9 Å². The van der Waals surface area contributed by atoms with E-state index in [2.05, 4.69) is 18.7 Å². The molecule has 0 aliphatic carbocycles. The van der Waals surface area contributed by atoms with Crippen molar-refractivity contribution in [3.05, 3.63) is 71.3 Å². The molecule has 0 aliphatic rings. The van der Waals surface area contributed by atoms with Gasteiger partial charge in [0, 0.05) is 5.75 Å². The molecular weight excluding hydrogens is 294 g/mol. The fourth-order valence-corrected chi connectivity index (χ4v) is 1.99. The zero-order chi connectivity index (χ0) is 15.8. The van der Waals surface area contributed by atoms with Gasteiger partial charge in [0.2, 0.25) is 0 Å². The molecule has 22 heavy (non-hydrogen) atoms. The summed E-state index contributed by atoms with van der Waals surface area (Å²) in [5.41, 5.74) is 2.72. The van der Waals surface area contributed by atoms with Crippen LogP contribution >= 0.6 is 12.6 Å². The normalized spacial score (nSPS) is 10.8. The van der Waals surface area contributed by atoms with E-state index in [4.69, 9.17) is 4.74 Å². The molecule has 0 unspecified atom stereocenters. The van der Waals surface area contributed by atoms with E-state index in [1.807, 2.05) is 36.4 Å². The summed E-state index contributed by atoms with van der Waals surface area (Å²) in [6, 6.07) is 18.6. The molecule has 110 valence electrons. The topological polar surface area (TPSA) is 50.1 Å². The second-order valence-corrected chi connectivity index (χ2v) is 4.96. The number of carbonyl (C=O) groups is 1. The maximum absolute atomic E-state index is 11.7. The van der Waals surface area contributed by atoms with Crippen LogP contribution in [0.2, 0.25) is 0 Å². The Kier molecular flexibility index (Phi) is 5.81. The van der Waals surface area contributed by atoms with Gasteiger partial charge in [0.1, 0.15) is 6.61 Å². The predicted octanol–water partition coefficient (Wildman–Crippen LogP) is 3.84. The summed E-state index contributed by atoms with van der Waals surface area (Å²) in [6.07, 6.45) is 1.81. The van der Waals surface area contributed by atoms with Crippen LogP contribution in [0.3, 0.4) is 0 Å². The van der Waals surface area contributed by atoms with Crippen LogP contribution in [0.15, 0.2) is 54.6 Å². The standard InChI is InChI=1S/C18H15NO2S/c19-13-17(12-14-4-2-1-3-5-14)15-6-8-16(9-7-15)18(20)21-10-11-22/h1-9,12,22H,10-11H2/b17-12+. The third-order valence-electron chi connectivity index (χ3n) is 2.99. The molecule has 0 saturated carbocycles. The lowest BCUT2D eigenvalue weighted by molar-refractivity contribution is 0.0530. The Labute approximate surface area is 135 Å². The molecule has 0 amide bonds. The highest BCUT2D eigenvalue weighted by molar-refractivity contribution is 7.80. The summed E-state index contributed by atoms with van der Waals surface area (Å²) in [4.78, 5) is 11.7. The number of ether oxygens (including phenoxy) is 1. The fourth-order valence-electron chi connectivity index (χ4n) is 1.90. The largest absolute Gasteiger partial charge is 0.461 e. The number of benzene rings is 2. The van der Waals surface area contributed by atoms with Crippen LogP contribution in [0.5, 0.6) is 0 Å². The first-order valence-corrected chi connectivity index (χ1v) is 7.43. The molecule has 0 fully saturated rings. The first kappa shape index (κ1) is 15.9. The van der Waals surface area contributed by atoms with Crippen LogP contribution in [0, 0.1) is 11.3 Å². The van der Waals surface area contributed by atoms with Crippen molar-refractivity contribution in [2.45, 2.75) is 0 Å². The van der Waals surface area contributed by atoms with Gasteiger partial charge in [-0.3, -0.25) is 0 Å². The Morgan fingerprint density at radius 3 is 2.32 bits per heavy atom. The lowest BCUT2D eigenvalue weighted by atomic mass is 10.0. The zero-order valence-electron chi connectivity index (χ0n) is 11.9. The van der Waals surface area contributed by atoms with Crippen LogP contribution < -0.4 is 0 Å². The van der Waals surface area contributed by atoms with Crippen LogP contribution in [0.1, 0.15) is 21.5 Å². The van der Waals surface area contributed by atoms with Crippen molar-refractivity contribution in [3.63, 3.8) is 0 Å². The Hall–Kier alpha value is -2.51. The molecule has 0 atom stereocenters. The van der Waals surface area contributed by atoms with Gasteiger partial charge in [-0.1, -0.05) is 42.5 Å². The highest BCUT2D eigenvalue weighted by Gasteiger charge is 2.08. The van der Waals surface area contributed by atoms with Crippen LogP contribution in [0.25, 0.3) is 11.6 Å². The number of hydrogen-bond donors (Lipinski definition) is 1. The van der Waals surface area contributed by atoms with Crippen LogP contribution in [-0.4, -0.2) is 18.3 Å². The summed E-state index contributed by atoms with van der Waals surface area (Å²) in [6.45, 7) is 0.279. The summed E-state index contributed by atoms with van der Waals surface area (Å²) in [5.74, 6) is 0.105. The van der Waals surface area contributed by atoms with E-state index in [0.29, 0.717) is 16.9 Å². The van der Waals surface area contributed by atoms with Crippen molar-refractivity contribution in [2.75, 3.05) is 12.4 Å². The maximum atomic E-state index is 11.7. The average Bonchev–Trinajstić information content (AvgIpc) is 2.58. The van der Waals surface area contributed by atoms with Gasteiger partial charge in [-0.15, -0.1) is 0 Å². The zero-order valence-corrected chi connectivity index (χ0v) is 12.8. The molecule has 0 saturated heterocycles. The first-order chi connectivity index (χ1) is 10.7. The Bertz CT molecular complexity index is 700. The van der Waals surface area contributed by atoms with Crippen LogP contribution in [0.4, 0.5) is 0 Å². The quantitative estimate of drug-likeness (QED) is 0.395. The summed E-state index contributed by atoms with van der Waals surface area (Å²) in [7, 11) is 0. The molecule has 0 aliphatic heterocycles. The molecule has 0 aromatic heterocycles.